The minimum atomic E-state index is -0.448. The summed E-state index contributed by atoms with van der Waals surface area (Å²) in [6, 6.07) is 18.1. The molecule has 0 radical (unpaired) electrons. The first-order valence-corrected chi connectivity index (χ1v) is 7.29. The van der Waals surface area contributed by atoms with Gasteiger partial charge in [0.15, 0.2) is 0 Å². The fourth-order valence-corrected chi connectivity index (χ4v) is 2.48. The molecule has 0 spiro atoms. The molecule has 6 nitrogen and oxygen atoms in total. The summed E-state index contributed by atoms with van der Waals surface area (Å²) in [6.45, 7) is 0. The summed E-state index contributed by atoms with van der Waals surface area (Å²) in [6.07, 6.45) is 1.61. The topological polar surface area (TPSA) is 76.8 Å². The predicted molar refractivity (Wildman–Crippen MR) is 94.8 cm³/mol. The second-order valence-corrected chi connectivity index (χ2v) is 5.05. The first-order valence-electron chi connectivity index (χ1n) is 7.29. The molecule has 0 saturated carbocycles. The van der Waals surface area contributed by atoms with Crippen molar-refractivity contribution in [3.8, 4) is 5.75 Å². The largest absolute Gasteiger partial charge is 0.496 e. The van der Waals surface area contributed by atoms with Crippen LogP contribution in [0.5, 0.6) is 5.75 Å². The van der Waals surface area contributed by atoms with E-state index in [9.17, 15) is 10.1 Å². The van der Waals surface area contributed by atoms with E-state index in [0.717, 1.165) is 16.3 Å². The van der Waals surface area contributed by atoms with E-state index in [0.29, 0.717) is 11.4 Å². The zero-order valence-corrected chi connectivity index (χ0v) is 13.0. The quantitative estimate of drug-likeness (QED) is 0.434. The normalized spacial score (nSPS) is 10.9. The van der Waals surface area contributed by atoms with Gasteiger partial charge >= 0.3 is 0 Å². The van der Waals surface area contributed by atoms with Crippen LogP contribution in [0.15, 0.2) is 65.8 Å². The third-order valence-corrected chi connectivity index (χ3v) is 3.63. The van der Waals surface area contributed by atoms with Crippen molar-refractivity contribution in [1.29, 1.82) is 0 Å². The standard InChI is InChI=1S/C18H15N3O3/c1-24-18-11-10-13-6-2-3-7-14(13)15(18)12-19-20-16-8-4-5-9-17(16)21(22)23/h2-12,20H,1H3/b19-12+. The fraction of sp³-hybridized carbons (Fsp3) is 0.0556. The maximum atomic E-state index is 11.0. The molecule has 0 bridgehead atoms. The van der Waals surface area contributed by atoms with E-state index in [2.05, 4.69) is 10.5 Å². The first kappa shape index (κ1) is 15.5. The minimum Gasteiger partial charge on any atom is -0.496 e. The molecule has 120 valence electrons. The number of para-hydroxylation sites is 2. The SMILES string of the molecule is COc1ccc2ccccc2c1/C=N/Nc1ccccc1[N+](=O)[O-]. The lowest BCUT2D eigenvalue weighted by Gasteiger charge is -2.08. The van der Waals surface area contributed by atoms with E-state index in [1.54, 1.807) is 31.5 Å². The van der Waals surface area contributed by atoms with E-state index in [1.807, 2.05) is 36.4 Å². The Morgan fingerprint density at radius 3 is 2.62 bits per heavy atom. The highest BCUT2D eigenvalue weighted by Crippen LogP contribution is 2.27. The van der Waals surface area contributed by atoms with Gasteiger partial charge in [-0.25, -0.2) is 0 Å². The van der Waals surface area contributed by atoms with Crippen molar-refractivity contribution >= 4 is 28.4 Å². The highest BCUT2D eigenvalue weighted by molar-refractivity contribution is 6.02. The third kappa shape index (κ3) is 3.03. The smallest absolute Gasteiger partial charge is 0.294 e. The van der Waals surface area contributed by atoms with Gasteiger partial charge in [-0.05, 0) is 22.9 Å². The second-order valence-electron chi connectivity index (χ2n) is 5.05. The van der Waals surface area contributed by atoms with Crippen LogP contribution in [0.3, 0.4) is 0 Å². The van der Waals surface area contributed by atoms with Crippen LogP contribution >= 0.6 is 0 Å². The summed E-state index contributed by atoms with van der Waals surface area (Å²) < 4.78 is 5.39. The number of nitrogens with one attached hydrogen (secondary N) is 1. The zero-order chi connectivity index (χ0) is 16.9. The zero-order valence-electron chi connectivity index (χ0n) is 13.0. The van der Waals surface area contributed by atoms with E-state index in [4.69, 9.17) is 4.74 Å². The lowest BCUT2D eigenvalue weighted by atomic mass is 10.0. The van der Waals surface area contributed by atoms with Gasteiger partial charge in [0.1, 0.15) is 11.4 Å². The number of fused-ring (bicyclic) bond motifs is 1. The number of benzene rings is 3. The van der Waals surface area contributed by atoms with Crippen LogP contribution in [0.1, 0.15) is 5.56 Å². The maximum absolute atomic E-state index is 11.0. The molecule has 0 aliphatic rings. The molecule has 0 atom stereocenters. The summed E-state index contributed by atoms with van der Waals surface area (Å²) in [5, 5.41) is 17.2. The number of rotatable bonds is 5. The maximum Gasteiger partial charge on any atom is 0.294 e. The molecule has 0 fully saturated rings. The number of ether oxygens (including phenoxy) is 1. The molecule has 0 unspecified atom stereocenters. The Morgan fingerprint density at radius 1 is 1.08 bits per heavy atom. The van der Waals surface area contributed by atoms with Crippen LogP contribution in [0.25, 0.3) is 10.8 Å². The summed E-state index contributed by atoms with van der Waals surface area (Å²) in [7, 11) is 1.59. The van der Waals surface area contributed by atoms with Crippen molar-refractivity contribution in [2.24, 2.45) is 5.10 Å². The van der Waals surface area contributed by atoms with Crippen LogP contribution in [-0.2, 0) is 0 Å². The predicted octanol–water partition coefficient (Wildman–Crippen LogP) is 4.20. The monoisotopic (exact) mass is 321 g/mol. The molecule has 6 heteroatoms. The van der Waals surface area contributed by atoms with Gasteiger partial charge < -0.3 is 4.74 Å². The molecule has 0 amide bonds. The number of nitro benzene ring substituents is 1. The summed E-state index contributed by atoms with van der Waals surface area (Å²) in [5.41, 5.74) is 3.84. The van der Waals surface area contributed by atoms with Crippen molar-refractivity contribution in [3.63, 3.8) is 0 Å². The van der Waals surface area contributed by atoms with E-state index >= 15 is 0 Å². The Kier molecular flexibility index (Phi) is 4.38. The number of anilines is 1. The Balaban J connectivity index is 1.95. The van der Waals surface area contributed by atoms with Gasteiger partial charge in [0, 0.05) is 11.6 Å². The van der Waals surface area contributed by atoms with Crippen molar-refractivity contribution in [2.45, 2.75) is 0 Å². The number of hydrogen-bond acceptors (Lipinski definition) is 5. The first-order chi connectivity index (χ1) is 11.7. The van der Waals surface area contributed by atoms with Crippen LogP contribution in [0.4, 0.5) is 11.4 Å². The Morgan fingerprint density at radius 2 is 1.83 bits per heavy atom. The Bertz CT molecular complexity index is 922. The number of nitro groups is 1. The minimum absolute atomic E-state index is 0.0282. The third-order valence-electron chi connectivity index (χ3n) is 3.63. The number of hydrazone groups is 1. The van der Waals surface area contributed by atoms with Gasteiger partial charge in [-0.3, -0.25) is 15.5 Å². The number of methoxy groups -OCH3 is 1. The molecule has 0 heterocycles. The van der Waals surface area contributed by atoms with Gasteiger partial charge in [0.25, 0.3) is 5.69 Å². The van der Waals surface area contributed by atoms with Gasteiger partial charge in [-0.1, -0.05) is 42.5 Å². The molecular weight excluding hydrogens is 306 g/mol. The molecule has 24 heavy (non-hydrogen) atoms. The molecule has 0 saturated heterocycles. The molecular formula is C18H15N3O3. The van der Waals surface area contributed by atoms with Crippen molar-refractivity contribution in [3.05, 3.63) is 76.3 Å². The van der Waals surface area contributed by atoms with Crippen LogP contribution < -0.4 is 10.2 Å². The molecule has 3 rings (SSSR count). The number of nitrogens with zero attached hydrogens (tertiary/aromatic N) is 2. The molecule has 3 aromatic carbocycles. The lowest BCUT2D eigenvalue weighted by Crippen LogP contribution is -1.98. The molecule has 3 aromatic rings. The van der Waals surface area contributed by atoms with Crippen LogP contribution in [0.2, 0.25) is 0 Å². The average Bonchev–Trinajstić information content (AvgIpc) is 2.62. The second kappa shape index (κ2) is 6.78. The Hall–Kier alpha value is -3.41. The van der Waals surface area contributed by atoms with Crippen molar-refractivity contribution in [2.75, 3.05) is 12.5 Å². The van der Waals surface area contributed by atoms with Crippen LogP contribution in [-0.4, -0.2) is 18.2 Å². The Labute approximate surface area is 138 Å². The summed E-state index contributed by atoms with van der Waals surface area (Å²) in [5.74, 6) is 0.682. The fourth-order valence-electron chi connectivity index (χ4n) is 2.48. The van der Waals surface area contributed by atoms with Gasteiger partial charge in [-0.2, -0.15) is 5.10 Å². The van der Waals surface area contributed by atoms with E-state index in [1.165, 1.54) is 6.07 Å². The van der Waals surface area contributed by atoms with Crippen molar-refractivity contribution < 1.29 is 9.66 Å². The lowest BCUT2D eigenvalue weighted by molar-refractivity contribution is -0.384. The van der Waals surface area contributed by atoms with Gasteiger partial charge in [0.2, 0.25) is 0 Å². The van der Waals surface area contributed by atoms with Gasteiger partial charge in [-0.15, -0.1) is 0 Å². The van der Waals surface area contributed by atoms with E-state index in [-0.39, 0.29) is 5.69 Å². The number of hydrogen-bond donors (Lipinski definition) is 1. The van der Waals surface area contributed by atoms with E-state index < -0.39 is 4.92 Å². The van der Waals surface area contributed by atoms with Gasteiger partial charge in [0.05, 0.1) is 18.2 Å². The average molecular weight is 321 g/mol. The highest BCUT2D eigenvalue weighted by atomic mass is 16.6. The summed E-state index contributed by atoms with van der Waals surface area (Å²) in [4.78, 5) is 10.6. The highest BCUT2D eigenvalue weighted by Gasteiger charge is 2.11. The molecule has 1 N–H and O–H groups in total. The molecule has 0 aliphatic heterocycles. The van der Waals surface area contributed by atoms with Crippen LogP contribution in [0, 0.1) is 10.1 Å². The summed E-state index contributed by atoms with van der Waals surface area (Å²) >= 11 is 0. The molecule has 0 aromatic heterocycles. The molecule has 0 aliphatic carbocycles. The van der Waals surface area contributed by atoms with Crippen molar-refractivity contribution in [1.82, 2.24) is 0 Å².